The number of carbonyl (C=O) groups excluding carboxylic acids is 1. The predicted molar refractivity (Wildman–Crippen MR) is 107 cm³/mol. The highest BCUT2D eigenvalue weighted by atomic mass is 16.5. The third kappa shape index (κ3) is 4.01. The van der Waals surface area contributed by atoms with E-state index in [2.05, 4.69) is 10.5 Å². The van der Waals surface area contributed by atoms with Gasteiger partial charge in [-0.3, -0.25) is 4.79 Å². The van der Waals surface area contributed by atoms with Crippen molar-refractivity contribution in [1.82, 2.24) is 10.5 Å². The minimum Gasteiger partial charge on any atom is -0.493 e. The van der Waals surface area contributed by atoms with Gasteiger partial charge < -0.3 is 19.3 Å². The van der Waals surface area contributed by atoms with E-state index in [4.69, 9.17) is 14.0 Å². The minimum atomic E-state index is -0.197. The van der Waals surface area contributed by atoms with Crippen molar-refractivity contribution in [3.63, 3.8) is 0 Å². The molecule has 0 saturated heterocycles. The monoisotopic (exact) mass is 380 g/mol. The second-order valence-electron chi connectivity index (χ2n) is 6.48. The van der Waals surface area contributed by atoms with Crippen LogP contribution in [0, 0.1) is 13.8 Å². The Labute approximate surface area is 164 Å². The number of hydrogen-bond donors (Lipinski definition) is 1. The number of rotatable bonds is 7. The van der Waals surface area contributed by atoms with Crippen molar-refractivity contribution < 1.29 is 18.8 Å². The topological polar surface area (TPSA) is 73.6 Å². The van der Waals surface area contributed by atoms with Crippen molar-refractivity contribution in [2.24, 2.45) is 0 Å². The van der Waals surface area contributed by atoms with Gasteiger partial charge >= 0.3 is 0 Å². The zero-order valence-electron chi connectivity index (χ0n) is 16.5. The van der Waals surface area contributed by atoms with Crippen LogP contribution in [0.5, 0.6) is 11.5 Å². The molecule has 0 bridgehead atoms. The van der Waals surface area contributed by atoms with Gasteiger partial charge in [0.05, 0.1) is 19.9 Å². The maximum Gasteiger partial charge on any atom is 0.257 e. The smallest absolute Gasteiger partial charge is 0.257 e. The lowest BCUT2D eigenvalue weighted by Gasteiger charge is -2.10. The van der Waals surface area contributed by atoms with E-state index >= 15 is 0 Å². The van der Waals surface area contributed by atoms with Crippen molar-refractivity contribution in [3.8, 4) is 22.8 Å². The Bertz CT molecular complexity index is 978. The number of carbonyl (C=O) groups is 1. The fourth-order valence-electron chi connectivity index (χ4n) is 3.09. The molecule has 0 fully saturated rings. The zero-order chi connectivity index (χ0) is 20.1. The molecule has 0 spiro atoms. The Balaban J connectivity index is 1.71. The average molecular weight is 380 g/mol. The maximum atomic E-state index is 12.8. The molecule has 0 unspecified atom stereocenters. The Hall–Kier alpha value is -3.28. The number of nitrogens with zero attached hydrogens (tertiary/aromatic N) is 1. The Morgan fingerprint density at radius 2 is 1.82 bits per heavy atom. The van der Waals surface area contributed by atoms with Crippen LogP contribution in [0.15, 0.2) is 47.0 Å². The summed E-state index contributed by atoms with van der Waals surface area (Å²) in [6.07, 6.45) is 0.663. The van der Waals surface area contributed by atoms with Gasteiger partial charge in [0.15, 0.2) is 17.3 Å². The first kappa shape index (κ1) is 19.5. The van der Waals surface area contributed by atoms with Gasteiger partial charge in [0.25, 0.3) is 5.91 Å². The summed E-state index contributed by atoms with van der Waals surface area (Å²) < 4.78 is 16.0. The summed E-state index contributed by atoms with van der Waals surface area (Å²) in [4.78, 5) is 12.8. The van der Waals surface area contributed by atoms with Crippen molar-refractivity contribution in [2.45, 2.75) is 20.3 Å². The quantitative estimate of drug-likeness (QED) is 0.672. The molecular weight excluding hydrogens is 356 g/mol. The predicted octanol–water partition coefficient (Wildman–Crippen LogP) is 3.95. The molecule has 28 heavy (non-hydrogen) atoms. The highest BCUT2D eigenvalue weighted by molar-refractivity contribution is 6.00. The minimum absolute atomic E-state index is 0.197. The number of hydrogen-bond acceptors (Lipinski definition) is 5. The van der Waals surface area contributed by atoms with E-state index in [1.807, 2.05) is 49.4 Å². The second-order valence-corrected chi connectivity index (χ2v) is 6.48. The van der Waals surface area contributed by atoms with Crippen molar-refractivity contribution in [2.75, 3.05) is 20.8 Å². The molecule has 6 heteroatoms. The molecule has 0 aliphatic heterocycles. The second kappa shape index (κ2) is 8.61. The molecule has 1 amide bonds. The standard InChI is InChI=1S/C22H24N2O4/c1-14-7-5-6-8-17(14)21-20(15(2)24-28-21)22(25)23-12-11-16-9-10-18(26-3)19(13-16)27-4/h5-10,13H,11-12H2,1-4H3,(H,23,25). The summed E-state index contributed by atoms with van der Waals surface area (Å²) in [5, 5.41) is 6.96. The number of amides is 1. The van der Waals surface area contributed by atoms with Crippen LogP contribution in [0.25, 0.3) is 11.3 Å². The number of nitrogens with one attached hydrogen (secondary N) is 1. The van der Waals surface area contributed by atoms with Crippen LogP contribution in [0.4, 0.5) is 0 Å². The highest BCUT2D eigenvalue weighted by Crippen LogP contribution is 2.29. The van der Waals surface area contributed by atoms with E-state index in [1.165, 1.54) is 0 Å². The number of ether oxygens (including phenoxy) is 2. The maximum absolute atomic E-state index is 12.8. The van der Waals surface area contributed by atoms with Crippen LogP contribution in [0.3, 0.4) is 0 Å². The lowest BCUT2D eigenvalue weighted by Crippen LogP contribution is -2.26. The van der Waals surface area contributed by atoms with E-state index < -0.39 is 0 Å². The van der Waals surface area contributed by atoms with E-state index in [-0.39, 0.29) is 5.91 Å². The lowest BCUT2D eigenvalue weighted by molar-refractivity contribution is 0.0954. The Morgan fingerprint density at radius 3 is 2.54 bits per heavy atom. The van der Waals surface area contributed by atoms with Gasteiger partial charge in [-0.15, -0.1) is 0 Å². The van der Waals surface area contributed by atoms with Crippen LogP contribution >= 0.6 is 0 Å². The molecular formula is C22H24N2O4. The molecule has 3 aromatic rings. The van der Waals surface area contributed by atoms with Crippen molar-refractivity contribution in [3.05, 3.63) is 64.8 Å². The number of methoxy groups -OCH3 is 2. The van der Waals surface area contributed by atoms with Crippen molar-refractivity contribution in [1.29, 1.82) is 0 Å². The molecule has 1 heterocycles. The summed E-state index contributed by atoms with van der Waals surface area (Å²) in [5.74, 6) is 1.65. The molecule has 146 valence electrons. The average Bonchev–Trinajstić information content (AvgIpc) is 3.09. The first-order valence-electron chi connectivity index (χ1n) is 9.06. The van der Waals surface area contributed by atoms with Gasteiger partial charge in [0.2, 0.25) is 0 Å². The summed E-state index contributed by atoms with van der Waals surface area (Å²) in [7, 11) is 3.20. The molecule has 1 N–H and O–H groups in total. The van der Waals surface area contributed by atoms with E-state index in [0.29, 0.717) is 41.5 Å². The lowest BCUT2D eigenvalue weighted by atomic mass is 10.0. The van der Waals surface area contributed by atoms with Gasteiger partial charge in [0.1, 0.15) is 5.56 Å². The van der Waals surface area contributed by atoms with Crippen molar-refractivity contribution >= 4 is 5.91 Å². The number of aromatic nitrogens is 1. The molecule has 1 aromatic heterocycles. The van der Waals surface area contributed by atoms with Gasteiger partial charge in [0, 0.05) is 12.1 Å². The largest absolute Gasteiger partial charge is 0.493 e. The molecule has 0 atom stereocenters. The molecule has 0 aliphatic rings. The first-order chi connectivity index (χ1) is 13.5. The van der Waals surface area contributed by atoms with Crippen LogP contribution in [-0.2, 0) is 6.42 Å². The van der Waals surface area contributed by atoms with Crippen LogP contribution in [-0.4, -0.2) is 31.8 Å². The van der Waals surface area contributed by atoms with Crippen LogP contribution in [0.1, 0.15) is 27.2 Å². The Kier molecular flexibility index (Phi) is 5.99. The molecule has 0 radical (unpaired) electrons. The van der Waals surface area contributed by atoms with E-state index in [9.17, 15) is 4.79 Å². The fourth-order valence-corrected chi connectivity index (χ4v) is 3.09. The molecule has 0 aliphatic carbocycles. The first-order valence-corrected chi connectivity index (χ1v) is 9.06. The third-order valence-electron chi connectivity index (χ3n) is 4.63. The van der Waals surface area contributed by atoms with Crippen LogP contribution in [0.2, 0.25) is 0 Å². The molecule has 2 aromatic carbocycles. The van der Waals surface area contributed by atoms with Gasteiger partial charge in [-0.1, -0.05) is 35.5 Å². The molecule has 6 nitrogen and oxygen atoms in total. The zero-order valence-corrected chi connectivity index (χ0v) is 16.5. The van der Waals surface area contributed by atoms with Gasteiger partial charge in [-0.05, 0) is 43.5 Å². The summed E-state index contributed by atoms with van der Waals surface area (Å²) in [6.45, 7) is 4.23. The molecule has 0 saturated carbocycles. The van der Waals surface area contributed by atoms with Gasteiger partial charge in [-0.2, -0.15) is 0 Å². The van der Waals surface area contributed by atoms with Gasteiger partial charge in [-0.25, -0.2) is 0 Å². The number of benzene rings is 2. The summed E-state index contributed by atoms with van der Waals surface area (Å²) in [6, 6.07) is 13.5. The summed E-state index contributed by atoms with van der Waals surface area (Å²) in [5.41, 5.74) is 3.98. The highest BCUT2D eigenvalue weighted by Gasteiger charge is 2.22. The van der Waals surface area contributed by atoms with E-state index in [1.54, 1.807) is 21.1 Å². The Morgan fingerprint density at radius 1 is 1.07 bits per heavy atom. The third-order valence-corrected chi connectivity index (χ3v) is 4.63. The SMILES string of the molecule is COc1ccc(CCNC(=O)c2c(C)noc2-c2ccccc2C)cc1OC. The summed E-state index contributed by atoms with van der Waals surface area (Å²) >= 11 is 0. The normalized spacial score (nSPS) is 10.6. The molecule has 3 rings (SSSR count). The van der Waals surface area contributed by atoms with Crippen LogP contribution < -0.4 is 14.8 Å². The number of aryl methyl sites for hydroxylation is 2. The van der Waals surface area contributed by atoms with E-state index in [0.717, 1.165) is 16.7 Å². The fraction of sp³-hybridized carbons (Fsp3) is 0.273.